The fourth-order valence-electron chi connectivity index (χ4n) is 2.57. The van der Waals surface area contributed by atoms with Gasteiger partial charge in [-0.1, -0.05) is 0 Å². The van der Waals surface area contributed by atoms with Gasteiger partial charge in [0.2, 0.25) is 12.7 Å². The third-order valence-electron chi connectivity index (χ3n) is 3.87. The van der Waals surface area contributed by atoms with E-state index in [0.29, 0.717) is 22.6 Å². The SMILES string of the molecule is Cc1cc(C(=O)CCC(=O)NNC(=O)c2ccc3c(c2)OCO3)c(C)s1. The van der Waals surface area contributed by atoms with E-state index in [1.54, 1.807) is 23.5 Å². The second kappa shape index (κ2) is 7.57. The van der Waals surface area contributed by atoms with Crippen molar-refractivity contribution in [2.24, 2.45) is 0 Å². The largest absolute Gasteiger partial charge is 0.454 e. The van der Waals surface area contributed by atoms with Crippen LogP contribution >= 0.6 is 11.3 Å². The van der Waals surface area contributed by atoms with Crippen molar-refractivity contribution in [2.45, 2.75) is 26.7 Å². The van der Waals surface area contributed by atoms with E-state index >= 15 is 0 Å². The van der Waals surface area contributed by atoms with Crippen molar-refractivity contribution >= 4 is 28.9 Å². The van der Waals surface area contributed by atoms with Crippen molar-refractivity contribution in [1.29, 1.82) is 0 Å². The molecule has 1 aliphatic rings. The first kappa shape index (κ1) is 17.9. The van der Waals surface area contributed by atoms with Gasteiger partial charge in [0.15, 0.2) is 17.3 Å². The predicted octanol–water partition coefficient (Wildman–Crippen LogP) is 2.52. The quantitative estimate of drug-likeness (QED) is 0.620. The fourth-order valence-corrected chi connectivity index (χ4v) is 3.51. The number of hydrogen-bond acceptors (Lipinski definition) is 6. The molecule has 0 saturated carbocycles. The number of rotatable bonds is 5. The molecule has 0 radical (unpaired) electrons. The molecule has 1 aromatic heterocycles. The Kier molecular flexibility index (Phi) is 5.22. The Labute approximate surface area is 154 Å². The highest BCUT2D eigenvalue weighted by molar-refractivity contribution is 7.12. The lowest BCUT2D eigenvalue weighted by Crippen LogP contribution is -2.41. The molecule has 0 aliphatic carbocycles. The minimum atomic E-state index is -0.479. The topological polar surface area (TPSA) is 93.7 Å². The maximum Gasteiger partial charge on any atom is 0.269 e. The van der Waals surface area contributed by atoms with Crippen molar-refractivity contribution in [1.82, 2.24) is 10.9 Å². The van der Waals surface area contributed by atoms with Crippen molar-refractivity contribution in [2.75, 3.05) is 6.79 Å². The van der Waals surface area contributed by atoms with Crippen LogP contribution in [0.2, 0.25) is 0 Å². The van der Waals surface area contributed by atoms with Crippen LogP contribution in [0.15, 0.2) is 24.3 Å². The van der Waals surface area contributed by atoms with Gasteiger partial charge >= 0.3 is 0 Å². The molecule has 0 fully saturated rings. The molecule has 2 heterocycles. The van der Waals surface area contributed by atoms with Crippen LogP contribution in [0.25, 0.3) is 0 Å². The van der Waals surface area contributed by atoms with Crippen molar-refractivity contribution < 1.29 is 23.9 Å². The van der Waals surface area contributed by atoms with Crippen LogP contribution in [0, 0.1) is 13.8 Å². The molecule has 8 heteroatoms. The van der Waals surface area contributed by atoms with E-state index in [-0.39, 0.29) is 25.4 Å². The zero-order valence-electron chi connectivity index (χ0n) is 14.4. The van der Waals surface area contributed by atoms with Gasteiger partial charge in [-0.25, -0.2) is 0 Å². The van der Waals surface area contributed by atoms with Gasteiger partial charge in [-0.3, -0.25) is 25.2 Å². The van der Waals surface area contributed by atoms with Gasteiger partial charge in [0, 0.05) is 33.7 Å². The number of hydrogen-bond donors (Lipinski definition) is 2. The molecule has 3 rings (SSSR count). The Balaban J connectivity index is 1.47. The lowest BCUT2D eigenvalue weighted by molar-refractivity contribution is -0.121. The van der Waals surface area contributed by atoms with E-state index in [9.17, 15) is 14.4 Å². The minimum Gasteiger partial charge on any atom is -0.454 e. The average molecular weight is 374 g/mol. The van der Waals surface area contributed by atoms with Gasteiger partial charge in [0.1, 0.15) is 0 Å². The molecule has 7 nitrogen and oxygen atoms in total. The third-order valence-corrected chi connectivity index (χ3v) is 4.84. The van der Waals surface area contributed by atoms with Crippen molar-refractivity contribution in [3.8, 4) is 11.5 Å². The molecule has 26 heavy (non-hydrogen) atoms. The van der Waals surface area contributed by atoms with E-state index in [0.717, 1.165) is 9.75 Å². The van der Waals surface area contributed by atoms with E-state index < -0.39 is 11.8 Å². The van der Waals surface area contributed by atoms with E-state index in [4.69, 9.17) is 9.47 Å². The summed E-state index contributed by atoms with van der Waals surface area (Å²) in [6.07, 6.45) is 0.0807. The minimum absolute atomic E-state index is 0.00537. The third kappa shape index (κ3) is 4.02. The molecule has 2 amide bonds. The summed E-state index contributed by atoms with van der Waals surface area (Å²) in [5.41, 5.74) is 5.63. The van der Waals surface area contributed by atoms with Crippen LogP contribution in [0.3, 0.4) is 0 Å². The smallest absolute Gasteiger partial charge is 0.269 e. The summed E-state index contributed by atoms with van der Waals surface area (Å²) in [4.78, 5) is 38.1. The Bertz CT molecular complexity index is 874. The van der Waals surface area contributed by atoms with Crippen LogP contribution in [0.4, 0.5) is 0 Å². The van der Waals surface area contributed by atoms with Crippen LogP contribution in [-0.2, 0) is 4.79 Å². The Morgan fingerprint density at radius 2 is 1.81 bits per heavy atom. The fraction of sp³-hybridized carbons (Fsp3) is 0.278. The van der Waals surface area contributed by atoms with E-state index in [2.05, 4.69) is 10.9 Å². The van der Waals surface area contributed by atoms with Crippen LogP contribution < -0.4 is 20.3 Å². The monoisotopic (exact) mass is 374 g/mol. The molecule has 0 bridgehead atoms. The van der Waals surface area contributed by atoms with Crippen molar-refractivity contribution in [3.63, 3.8) is 0 Å². The number of Topliss-reactive ketones (excluding diaryl/α,β-unsaturated/α-hetero) is 1. The summed E-state index contributed by atoms with van der Waals surface area (Å²) in [7, 11) is 0. The number of ketones is 1. The number of aryl methyl sites for hydroxylation is 2. The molecule has 2 N–H and O–H groups in total. The predicted molar refractivity (Wildman–Crippen MR) is 95.5 cm³/mol. The lowest BCUT2D eigenvalue weighted by atomic mass is 10.1. The number of benzene rings is 1. The Hall–Kier alpha value is -2.87. The summed E-state index contributed by atoms with van der Waals surface area (Å²) >= 11 is 1.55. The van der Waals surface area contributed by atoms with Gasteiger partial charge in [-0.15, -0.1) is 11.3 Å². The Morgan fingerprint density at radius 3 is 2.54 bits per heavy atom. The zero-order valence-corrected chi connectivity index (χ0v) is 15.2. The standard InChI is InChI=1S/C18H18N2O5S/c1-10-7-13(11(2)26-10)14(21)4-6-17(22)19-20-18(23)12-3-5-15-16(8-12)25-9-24-15/h3,5,7-8H,4,6,9H2,1-2H3,(H,19,22)(H,20,23). The van der Waals surface area contributed by atoms with Gasteiger partial charge < -0.3 is 9.47 Å². The summed E-state index contributed by atoms with van der Waals surface area (Å²) in [5.74, 6) is 0.0625. The summed E-state index contributed by atoms with van der Waals surface area (Å²) < 4.78 is 10.4. The molecule has 0 saturated heterocycles. The second-order valence-corrected chi connectivity index (χ2v) is 7.28. The highest BCUT2D eigenvalue weighted by Gasteiger charge is 2.17. The van der Waals surface area contributed by atoms with Gasteiger partial charge in [-0.05, 0) is 38.1 Å². The highest BCUT2D eigenvalue weighted by Crippen LogP contribution is 2.32. The summed E-state index contributed by atoms with van der Waals surface area (Å²) in [5, 5.41) is 0. The maximum absolute atomic E-state index is 12.2. The summed E-state index contributed by atoms with van der Waals surface area (Å²) in [6, 6.07) is 6.57. The molecular formula is C18H18N2O5S. The number of thiophene rings is 1. The average Bonchev–Trinajstić information content (AvgIpc) is 3.22. The Morgan fingerprint density at radius 1 is 1.04 bits per heavy atom. The first-order valence-corrected chi connectivity index (χ1v) is 8.85. The van der Waals surface area contributed by atoms with E-state index in [1.165, 1.54) is 6.07 Å². The first-order valence-electron chi connectivity index (χ1n) is 8.03. The number of ether oxygens (including phenoxy) is 2. The zero-order chi connectivity index (χ0) is 18.7. The normalized spacial score (nSPS) is 11.9. The number of hydrazine groups is 1. The molecule has 1 aromatic carbocycles. The van der Waals surface area contributed by atoms with Gasteiger partial charge in [0.25, 0.3) is 5.91 Å². The summed E-state index contributed by atoms with van der Waals surface area (Å²) in [6.45, 7) is 3.94. The molecular weight excluding hydrogens is 356 g/mol. The molecule has 0 unspecified atom stereocenters. The maximum atomic E-state index is 12.2. The van der Waals surface area contributed by atoms with Crippen LogP contribution in [0.1, 0.15) is 43.3 Å². The lowest BCUT2D eigenvalue weighted by Gasteiger charge is -2.08. The number of amides is 2. The van der Waals surface area contributed by atoms with Gasteiger partial charge in [0.05, 0.1) is 0 Å². The second-order valence-electron chi connectivity index (χ2n) is 5.82. The highest BCUT2D eigenvalue weighted by atomic mass is 32.1. The molecule has 2 aromatic rings. The molecule has 1 aliphatic heterocycles. The van der Waals surface area contributed by atoms with Crippen molar-refractivity contribution in [3.05, 3.63) is 45.1 Å². The van der Waals surface area contributed by atoms with Crippen LogP contribution in [-0.4, -0.2) is 24.4 Å². The molecule has 136 valence electrons. The first-order chi connectivity index (χ1) is 12.4. The number of nitrogens with one attached hydrogen (secondary N) is 2. The van der Waals surface area contributed by atoms with E-state index in [1.807, 2.05) is 19.9 Å². The molecule has 0 spiro atoms. The molecule has 0 atom stereocenters. The number of fused-ring (bicyclic) bond motifs is 1. The van der Waals surface area contributed by atoms with Gasteiger partial charge in [-0.2, -0.15) is 0 Å². The number of carbonyl (C=O) groups excluding carboxylic acids is 3. The van der Waals surface area contributed by atoms with Crippen LogP contribution in [0.5, 0.6) is 11.5 Å². The number of carbonyl (C=O) groups is 3.